The molecule has 0 aliphatic carbocycles. The topological polar surface area (TPSA) is 38.5 Å². The minimum atomic E-state index is 0.386. The molecule has 0 aromatic rings. The molecule has 0 amide bonds. The molecule has 84 valence electrons. The number of hydrogen-bond donors (Lipinski definition) is 1. The molecule has 0 aromatic carbocycles. The van der Waals surface area contributed by atoms with E-state index in [1.54, 1.807) is 7.11 Å². The van der Waals surface area contributed by atoms with Crippen molar-refractivity contribution in [3.05, 3.63) is 0 Å². The molecule has 0 aromatic heterocycles. The van der Waals surface area contributed by atoms with Crippen LogP contribution in [-0.2, 0) is 4.74 Å². The van der Waals surface area contributed by atoms with Gasteiger partial charge >= 0.3 is 0 Å². The zero-order chi connectivity index (χ0) is 10.4. The monoisotopic (exact) mass is 200 g/mol. The molecule has 1 fully saturated rings. The lowest BCUT2D eigenvalue weighted by Gasteiger charge is -2.17. The van der Waals surface area contributed by atoms with Crippen LogP contribution in [0.25, 0.3) is 0 Å². The molecule has 1 heterocycles. The van der Waals surface area contributed by atoms with Gasteiger partial charge in [0.1, 0.15) is 0 Å². The summed E-state index contributed by atoms with van der Waals surface area (Å²) in [6, 6.07) is 0.386. The van der Waals surface area contributed by atoms with Gasteiger partial charge in [0.15, 0.2) is 0 Å². The molecule has 2 atom stereocenters. The fourth-order valence-electron chi connectivity index (χ4n) is 2.04. The van der Waals surface area contributed by atoms with Crippen molar-refractivity contribution in [2.24, 2.45) is 11.7 Å². The van der Waals surface area contributed by atoms with Gasteiger partial charge in [-0.2, -0.15) is 0 Å². The summed E-state index contributed by atoms with van der Waals surface area (Å²) < 4.78 is 5.17. The molecule has 0 radical (unpaired) electrons. The first-order chi connectivity index (χ1) is 6.76. The Morgan fingerprint density at radius 2 is 2.36 bits per heavy atom. The van der Waals surface area contributed by atoms with Crippen molar-refractivity contribution in [2.75, 3.05) is 33.4 Å². The standard InChI is InChI=1S/C11H24N2O/c1-3-11(12)5-7-13-6-4-10(8-13)9-14-2/h10-11H,3-9,12H2,1-2H3. The van der Waals surface area contributed by atoms with Crippen LogP contribution in [0.3, 0.4) is 0 Å². The Kier molecular flexibility index (Phi) is 5.45. The maximum Gasteiger partial charge on any atom is 0.0503 e. The zero-order valence-electron chi connectivity index (χ0n) is 9.54. The highest BCUT2D eigenvalue weighted by molar-refractivity contribution is 4.76. The Morgan fingerprint density at radius 1 is 1.57 bits per heavy atom. The number of rotatable bonds is 6. The van der Waals surface area contributed by atoms with E-state index >= 15 is 0 Å². The Bertz CT molecular complexity index is 152. The quantitative estimate of drug-likeness (QED) is 0.697. The molecular weight excluding hydrogens is 176 g/mol. The van der Waals surface area contributed by atoms with Gasteiger partial charge in [0.25, 0.3) is 0 Å². The average Bonchev–Trinajstić information content (AvgIpc) is 2.63. The molecular formula is C11H24N2O. The fraction of sp³-hybridized carbons (Fsp3) is 1.00. The highest BCUT2D eigenvalue weighted by Gasteiger charge is 2.21. The van der Waals surface area contributed by atoms with E-state index in [0.29, 0.717) is 6.04 Å². The summed E-state index contributed by atoms with van der Waals surface area (Å²) in [7, 11) is 1.79. The second-order valence-corrected chi connectivity index (χ2v) is 4.37. The number of methoxy groups -OCH3 is 1. The Hall–Kier alpha value is -0.120. The average molecular weight is 200 g/mol. The highest BCUT2D eigenvalue weighted by Crippen LogP contribution is 2.16. The largest absolute Gasteiger partial charge is 0.384 e. The van der Waals surface area contributed by atoms with Gasteiger partial charge in [0.2, 0.25) is 0 Å². The third kappa shape index (κ3) is 3.95. The van der Waals surface area contributed by atoms with Crippen LogP contribution in [-0.4, -0.2) is 44.3 Å². The first kappa shape index (κ1) is 12.0. The van der Waals surface area contributed by atoms with Crippen LogP contribution in [0.1, 0.15) is 26.2 Å². The van der Waals surface area contributed by atoms with Crippen molar-refractivity contribution in [1.29, 1.82) is 0 Å². The van der Waals surface area contributed by atoms with Crippen molar-refractivity contribution in [1.82, 2.24) is 4.90 Å². The van der Waals surface area contributed by atoms with Gasteiger partial charge < -0.3 is 15.4 Å². The molecule has 2 unspecified atom stereocenters. The maximum absolute atomic E-state index is 5.89. The van der Waals surface area contributed by atoms with Crippen molar-refractivity contribution < 1.29 is 4.74 Å². The Labute approximate surface area is 87.6 Å². The van der Waals surface area contributed by atoms with Gasteiger partial charge in [-0.25, -0.2) is 0 Å². The molecule has 1 rings (SSSR count). The van der Waals surface area contributed by atoms with Crippen LogP contribution >= 0.6 is 0 Å². The highest BCUT2D eigenvalue weighted by atomic mass is 16.5. The first-order valence-corrected chi connectivity index (χ1v) is 5.73. The summed E-state index contributed by atoms with van der Waals surface area (Å²) in [5, 5.41) is 0. The van der Waals surface area contributed by atoms with Crippen LogP contribution in [0, 0.1) is 5.92 Å². The van der Waals surface area contributed by atoms with Crippen LogP contribution in [0.5, 0.6) is 0 Å². The van der Waals surface area contributed by atoms with E-state index in [1.807, 2.05) is 0 Å². The molecule has 0 spiro atoms. The second kappa shape index (κ2) is 6.38. The molecule has 1 aliphatic rings. The van der Waals surface area contributed by atoms with E-state index in [9.17, 15) is 0 Å². The van der Waals surface area contributed by atoms with E-state index in [2.05, 4.69) is 11.8 Å². The number of hydrogen-bond acceptors (Lipinski definition) is 3. The zero-order valence-corrected chi connectivity index (χ0v) is 9.54. The minimum Gasteiger partial charge on any atom is -0.384 e. The summed E-state index contributed by atoms with van der Waals surface area (Å²) in [6.07, 6.45) is 3.51. The summed E-state index contributed by atoms with van der Waals surface area (Å²) in [6.45, 7) is 6.66. The van der Waals surface area contributed by atoms with Gasteiger partial charge in [-0.15, -0.1) is 0 Å². The summed E-state index contributed by atoms with van der Waals surface area (Å²) in [5.41, 5.74) is 5.89. The van der Waals surface area contributed by atoms with E-state index in [4.69, 9.17) is 10.5 Å². The Balaban J connectivity index is 2.09. The van der Waals surface area contributed by atoms with Gasteiger partial charge in [-0.3, -0.25) is 0 Å². The molecule has 1 aliphatic heterocycles. The molecule has 3 nitrogen and oxygen atoms in total. The van der Waals surface area contributed by atoms with Crippen molar-refractivity contribution in [3.63, 3.8) is 0 Å². The van der Waals surface area contributed by atoms with E-state index in [0.717, 1.165) is 31.9 Å². The van der Waals surface area contributed by atoms with Crippen LogP contribution in [0.4, 0.5) is 0 Å². The fourth-order valence-corrected chi connectivity index (χ4v) is 2.04. The first-order valence-electron chi connectivity index (χ1n) is 5.73. The summed E-state index contributed by atoms with van der Waals surface area (Å²) >= 11 is 0. The number of nitrogens with two attached hydrogens (primary N) is 1. The molecule has 14 heavy (non-hydrogen) atoms. The van der Waals surface area contributed by atoms with Gasteiger partial charge in [0.05, 0.1) is 6.61 Å². The van der Waals surface area contributed by atoms with Crippen LogP contribution < -0.4 is 5.73 Å². The lowest BCUT2D eigenvalue weighted by Crippen LogP contribution is -2.29. The smallest absolute Gasteiger partial charge is 0.0503 e. The number of nitrogens with zero attached hydrogens (tertiary/aromatic N) is 1. The number of ether oxygens (including phenoxy) is 1. The maximum atomic E-state index is 5.89. The summed E-state index contributed by atoms with van der Waals surface area (Å²) in [5.74, 6) is 0.748. The predicted molar refractivity (Wildman–Crippen MR) is 59.3 cm³/mol. The van der Waals surface area contributed by atoms with Gasteiger partial charge in [0, 0.05) is 19.7 Å². The molecule has 1 saturated heterocycles. The van der Waals surface area contributed by atoms with Gasteiger partial charge in [-0.05, 0) is 38.3 Å². The van der Waals surface area contributed by atoms with Crippen LogP contribution in [0.2, 0.25) is 0 Å². The van der Waals surface area contributed by atoms with E-state index in [1.165, 1.54) is 19.5 Å². The van der Waals surface area contributed by atoms with E-state index < -0.39 is 0 Å². The third-order valence-electron chi connectivity index (χ3n) is 3.11. The minimum absolute atomic E-state index is 0.386. The predicted octanol–water partition coefficient (Wildman–Crippen LogP) is 1.08. The molecule has 2 N–H and O–H groups in total. The molecule has 3 heteroatoms. The SMILES string of the molecule is CCC(N)CCN1CCC(COC)C1. The van der Waals surface area contributed by atoms with Crippen molar-refractivity contribution >= 4 is 0 Å². The van der Waals surface area contributed by atoms with Gasteiger partial charge in [-0.1, -0.05) is 6.92 Å². The normalized spacial score (nSPS) is 25.5. The molecule has 0 bridgehead atoms. The Morgan fingerprint density at radius 3 is 3.00 bits per heavy atom. The van der Waals surface area contributed by atoms with E-state index in [-0.39, 0.29) is 0 Å². The lowest BCUT2D eigenvalue weighted by molar-refractivity contribution is 0.153. The molecule has 0 saturated carbocycles. The van der Waals surface area contributed by atoms with Crippen molar-refractivity contribution in [3.8, 4) is 0 Å². The second-order valence-electron chi connectivity index (χ2n) is 4.37. The summed E-state index contributed by atoms with van der Waals surface area (Å²) in [4.78, 5) is 2.51. The number of likely N-dealkylation sites (tertiary alicyclic amines) is 1. The van der Waals surface area contributed by atoms with Crippen LogP contribution in [0.15, 0.2) is 0 Å². The van der Waals surface area contributed by atoms with Crippen molar-refractivity contribution in [2.45, 2.75) is 32.2 Å². The lowest BCUT2D eigenvalue weighted by atomic mass is 10.1. The third-order valence-corrected chi connectivity index (χ3v) is 3.11.